The van der Waals surface area contributed by atoms with Crippen molar-refractivity contribution in [1.82, 2.24) is 3.27 Å². The molecule has 2 radical (unpaired) electrons. The number of nitrogens with zero attached hydrogens (tertiary/aromatic N) is 1. The summed E-state index contributed by atoms with van der Waals surface area (Å²) in [6.45, 7) is 7.03. The smallest absolute Gasteiger partial charge is 0.147 e. The molecule has 0 aliphatic rings. The van der Waals surface area contributed by atoms with Crippen LogP contribution in [0, 0.1) is 0 Å². The van der Waals surface area contributed by atoms with Gasteiger partial charge in [-0.15, -0.1) is 24.8 Å². The van der Waals surface area contributed by atoms with Crippen LogP contribution in [0.3, 0.4) is 0 Å². The average molecular weight is 245 g/mol. The van der Waals surface area contributed by atoms with Crippen molar-refractivity contribution in [3.8, 4) is 0 Å². The minimum absolute atomic E-state index is 0. The fourth-order valence-electron chi connectivity index (χ4n) is 0. The van der Waals surface area contributed by atoms with E-state index in [-0.39, 0.29) is 24.8 Å². The second-order valence-electron chi connectivity index (χ2n) is 2.78. The Balaban J connectivity index is -0.000000180. The Morgan fingerprint density at radius 3 is 1.22 bits per heavy atom. The van der Waals surface area contributed by atoms with Crippen molar-refractivity contribution in [2.24, 2.45) is 0 Å². The molecule has 0 saturated carbocycles. The number of halogens is 2. The molecule has 0 aromatic carbocycles. The van der Waals surface area contributed by atoms with E-state index in [4.69, 9.17) is 0 Å². The van der Waals surface area contributed by atoms with Gasteiger partial charge >= 0.3 is 57.0 Å². The van der Waals surface area contributed by atoms with E-state index in [1.54, 1.807) is 18.8 Å². The van der Waals surface area contributed by atoms with Gasteiger partial charge in [0.15, 0.2) is 0 Å². The molecule has 0 bridgehead atoms. The predicted octanol–water partition coefficient (Wildman–Crippen LogP) is 1.68. The first kappa shape index (κ1) is 16.8. The number of hydrogen-bond acceptors (Lipinski definition) is 1. The van der Waals surface area contributed by atoms with E-state index in [2.05, 4.69) is 30.0 Å². The minimum atomic E-state index is -0.873. The Bertz CT molecular complexity index is 64.1. The zero-order valence-electron chi connectivity index (χ0n) is 6.34. The fraction of sp³-hybridized carbons (Fsp3) is 1.00. The zero-order valence-corrected chi connectivity index (χ0v) is 11.4. The monoisotopic (exact) mass is 243 g/mol. The van der Waals surface area contributed by atoms with Crippen molar-refractivity contribution in [1.29, 1.82) is 0 Å². The molecule has 0 aliphatic carbocycles. The first-order valence-corrected chi connectivity index (χ1v) is 6.96. The standard InChI is InChI=1S/C4H12NSi.2ClH.Ga/c1-5-6(2,3)4;;;/h1-4H3;2*1H;/q-1;;;+1. The predicted molar refractivity (Wildman–Crippen MR) is 51.4 cm³/mol. The van der Waals surface area contributed by atoms with Gasteiger partial charge < -0.3 is 0 Å². The maximum atomic E-state index is 2.39. The molecule has 0 heterocycles. The maximum absolute atomic E-state index is 2.39. The molecule has 0 aliphatic heterocycles. The van der Waals surface area contributed by atoms with Gasteiger partial charge in [-0.05, 0) is 0 Å². The molecular formula is C4H14Cl2GaNSi. The first-order chi connectivity index (χ1) is 2.94. The molecule has 0 rings (SSSR count). The Hall–Kier alpha value is 1.39. The summed E-state index contributed by atoms with van der Waals surface area (Å²) in [4.78, 5) is 0. The van der Waals surface area contributed by atoms with E-state index < -0.39 is 8.24 Å². The van der Waals surface area contributed by atoms with Crippen LogP contribution in [-0.4, -0.2) is 37.4 Å². The number of hydrogen-bond donors (Lipinski definition) is 0. The van der Waals surface area contributed by atoms with Gasteiger partial charge in [-0.1, -0.05) is 0 Å². The van der Waals surface area contributed by atoms with Gasteiger partial charge in [-0.2, -0.15) is 0 Å². The summed E-state index contributed by atoms with van der Waals surface area (Å²) in [6.07, 6.45) is 0. The maximum Gasteiger partial charge on any atom is -0.147 e. The molecule has 56 valence electrons. The van der Waals surface area contributed by atoms with Crippen LogP contribution in [0.25, 0.3) is 0 Å². The van der Waals surface area contributed by atoms with Gasteiger partial charge in [0, 0.05) is 0 Å². The summed E-state index contributed by atoms with van der Waals surface area (Å²) in [6, 6.07) is 0. The van der Waals surface area contributed by atoms with Crippen LogP contribution in [-0.2, 0) is 0 Å². The van der Waals surface area contributed by atoms with Crippen LogP contribution >= 0.6 is 24.8 Å². The average Bonchev–Trinajstić information content (AvgIpc) is 1.31. The van der Waals surface area contributed by atoms with Crippen LogP contribution in [0.4, 0.5) is 0 Å². The fourth-order valence-corrected chi connectivity index (χ4v) is 0. The van der Waals surface area contributed by atoms with Crippen LogP contribution < -0.4 is 0 Å². The quantitative estimate of drug-likeness (QED) is 0.635. The van der Waals surface area contributed by atoms with E-state index in [0.717, 1.165) is 0 Å². The van der Waals surface area contributed by atoms with Gasteiger partial charge in [0.25, 0.3) is 0 Å². The third-order valence-electron chi connectivity index (χ3n) is 1.06. The zero-order chi connectivity index (χ0) is 6.08. The molecule has 0 aromatic rings. The molecule has 1 nitrogen and oxygen atoms in total. The van der Waals surface area contributed by atoms with Crippen molar-refractivity contribution in [2.45, 2.75) is 19.6 Å². The van der Waals surface area contributed by atoms with Crippen LogP contribution in [0.2, 0.25) is 19.6 Å². The topological polar surface area (TPSA) is 3.24 Å². The van der Waals surface area contributed by atoms with Crippen LogP contribution in [0.1, 0.15) is 0 Å². The largest absolute Gasteiger partial charge is 0.147 e. The van der Waals surface area contributed by atoms with E-state index in [1.165, 1.54) is 0 Å². The molecule has 0 aromatic heterocycles. The molecule has 9 heavy (non-hydrogen) atoms. The minimum Gasteiger partial charge on any atom is -0.147 e. The first-order valence-electron chi connectivity index (χ1n) is 2.43. The van der Waals surface area contributed by atoms with E-state index in [1.807, 2.05) is 0 Å². The Morgan fingerprint density at radius 2 is 1.22 bits per heavy atom. The molecule has 0 spiro atoms. The summed E-state index contributed by atoms with van der Waals surface area (Å²) in [5.41, 5.74) is 0. The Morgan fingerprint density at radius 1 is 1.11 bits per heavy atom. The van der Waals surface area contributed by atoms with Crippen LogP contribution in [0.5, 0.6) is 0 Å². The second-order valence-corrected chi connectivity index (χ2v) is 10.5. The van der Waals surface area contributed by atoms with Crippen molar-refractivity contribution in [2.75, 3.05) is 7.05 Å². The second kappa shape index (κ2) is 6.13. The molecule has 0 atom stereocenters. The molecule has 0 fully saturated rings. The van der Waals surface area contributed by atoms with Gasteiger partial charge in [-0.25, -0.2) is 0 Å². The molecule has 0 saturated heterocycles. The van der Waals surface area contributed by atoms with Crippen molar-refractivity contribution in [3.05, 3.63) is 0 Å². The Labute approximate surface area is 81.7 Å². The summed E-state index contributed by atoms with van der Waals surface area (Å²) in [5.74, 6) is 0. The summed E-state index contributed by atoms with van der Waals surface area (Å²) in [7, 11) is 1.30. The van der Waals surface area contributed by atoms with Crippen molar-refractivity contribution in [3.63, 3.8) is 0 Å². The normalized spacial score (nSPS) is 9.89. The van der Waals surface area contributed by atoms with Crippen molar-refractivity contribution < 1.29 is 0 Å². The van der Waals surface area contributed by atoms with Gasteiger partial charge in [0.05, 0.1) is 0 Å². The van der Waals surface area contributed by atoms with E-state index in [9.17, 15) is 0 Å². The molecule has 5 heteroatoms. The SMILES string of the molecule is C[N]([Ga])[Si](C)(C)C.Cl.Cl. The third kappa shape index (κ3) is 9.39. The van der Waals surface area contributed by atoms with Gasteiger partial charge in [0.2, 0.25) is 0 Å². The van der Waals surface area contributed by atoms with Gasteiger partial charge in [0.1, 0.15) is 0 Å². The summed E-state index contributed by atoms with van der Waals surface area (Å²) < 4.78 is 2.39. The summed E-state index contributed by atoms with van der Waals surface area (Å²) in [5, 5.41) is 0. The van der Waals surface area contributed by atoms with Crippen molar-refractivity contribution >= 4 is 51.9 Å². The van der Waals surface area contributed by atoms with Gasteiger partial charge in [-0.3, -0.25) is 0 Å². The van der Waals surface area contributed by atoms with E-state index >= 15 is 0 Å². The molecular weight excluding hydrogens is 231 g/mol. The molecule has 0 amide bonds. The molecule has 0 unspecified atom stereocenters. The number of rotatable bonds is 1. The molecule has 0 N–H and O–H groups in total. The third-order valence-corrected chi connectivity index (χ3v) is 8.05. The van der Waals surface area contributed by atoms with E-state index in [0.29, 0.717) is 0 Å². The van der Waals surface area contributed by atoms with Crippen LogP contribution in [0.15, 0.2) is 0 Å². The Kier molecular flexibility index (Phi) is 11.4. The summed E-state index contributed by atoms with van der Waals surface area (Å²) >= 11 is 1.73.